The summed E-state index contributed by atoms with van der Waals surface area (Å²) in [6.07, 6.45) is 2.06. The van der Waals surface area contributed by atoms with Crippen LogP contribution in [0.15, 0.2) is 0 Å². The van der Waals surface area contributed by atoms with Gasteiger partial charge in [0.05, 0.1) is 6.61 Å². The lowest BCUT2D eigenvalue weighted by atomic mass is 9.92. The molecule has 0 amide bonds. The smallest absolute Gasteiger partial charge is 0.0582 e. The van der Waals surface area contributed by atoms with Crippen LogP contribution in [-0.2, 0) is 0 Å². The lowest BCUT2D eigenvalue weighted by Crippen LogP contribution is -2.25. The summed E-state index contributed by atoms with van der Waals surface area (Å²) in [4.78, 5) is 0. The van der Waals surface area contributed by atoms with Gasteiger partial charge in [-0.2, -0.15) is 0 Å². The molecule has 0 spiro atoms. The average molecular weight is 159 g/mol. The minimum atomic E-state index is -0.0174. The van der Waals surface area contributed by atoms with Gasteiger partial charge < -0.3 is 10.8 Å². The Kier molecular flexibility index (Phi) is 5.51. The fourth-order valence-corrected chi connectivity index (χ4v) is 0.902. The molecule has 0 heterocycles. The van der Waals surface area contributed by atoms with Gasteiger partial charge in [0.25, 0.3) is 0 Å². The number of aliphatic hydroxyl groups excluding tert-OH is 1. The van der Waals surface area contributed by atoms with E-state index in [1.54, 1.807) is 0 Å². The molecule has 68 valence electrons. The Morgan fingerprint density at radius 2 is 1.73 bits per heavy atom. The highest BCUT2D eigenvalue weighted by Crippen LogP contribution is 2.16. The Morgan fingerprint density at radius 3 is 2.09 bits per heavy atom. The molecule has 0 saturated heterocycles. The first-order valence-electron chi connectivity index (χ1n) is 4.44. The molecular weight excluding hydrogens is 138 g/mol. The molecule has 0 aromatic heterocycles. The maximum Gasteiger partial charge on any atom is 0.0582 e. The van der Waals surface area contributed by atoms with E-state index in [2.05, 4.69) is 20.8 Å². The van der Waals surface area contributed by atoms with E-state index in [9.17, 15) is 0 Å². The topological polar surface area (TPSA) is 46.2 Å². The van der Waals surface area contributed by atoms with E-state index in [0.29, 0.717) is 5.92 Å². The van der Waals surface area contributed by atoms with Crippen LogP contribution in [0.3, 0.4) is 0 Å². The van der Waals surface area contributed by atoms with E-state index in [-0.39, 0.29) is 12.6 Å². The van der Waals surface area contributed by atoms with Crippen molar-refractivity contribution < 1.29 is 5.11 Å². The molecule has 2 unspecified atom stereocenters. The predicted molar refractivity (Wildman–Crippen MR) is 48.3 cm³/mol. The standard InChI is InChI=1S/C9H21NO/c1-7(2)8(3)4-5-9(10)6-11/h7-9,11H,4-6,10H2,1-3H3. The molecule has 0 aromatic carbocycles. The summed E-state index contributed by atoms with van der Waals surface area (Å²) in [5.41, 5.74) is 5.57. The van der Waals surface area contributed by atoms with Crippen LogP contribution >= 0.6 is 0 Å². The molecule has 0 rings (SSSR count). The summed E-state index contributed by atoms with van der Waals surface area (Å²) in [6.45, 7) is 6.78. The zero-order valence-electron chi connectivity index (χ0n) is 7.88. The Bertz CT molecular complexity index is 93.6. The molecule has 0 radical (unpaired) electrons. The number of hydrogen-bond acceptors (Lipinski definition) is 2. The molecule has 0 bridgehead atoms. The van der Waals surface area contributed by atoms with Crippen molar-refractivity contribution in [2.45, 2.75) is 39.7 Å². The first kappa shape index (κ1) is 10.9. The van der Waals surface area contributed by atoms with Crippen molar-refractivity contribution in [3.63, 3.8) is 0 Å². The molecule has 0 saturated carbocycles. The third-order valence-corrected chi connectivity index (χ3v) is 2.37. The maximum atomic E-state index is 8.66. The second-order valence-corrected chi connectivity index (χ2v) is 3.74. The SMILES string of the molecule is CC(C)C(C)CCC(N)CO. The van der Waals surface area contributed by atoms with Crippen molar-refractivity contribution in [2.75, 3.05) is 6.61 Å². The molecule has 0 aliphatic heterocycles. The van der Waals surface area contributed by atoms with Crippen molar-refractivity contribution in [1.29, 1.82) is 0 Å². The molecule has 11 heavy (non-hydrogen) atoms. The summed E-state index contributed by atoms with van der Waals surface area (Å²) >= 11 is 0. The molecule has 0 aliphatic rings. The summed E-state index contributed by atoms with van der Waals surface area (Å²) < 4.78 is 0. The van der Waals surface area contributed by atoms with Crippen molar-refractivity contribution >= 4 is 0 Å². The van der Waals surface area contributed by atoms with Gasteiger partial charge in [-0.1, -0.05) is 20.8 Å². The fourth-order valence-electron chi connectivity index (χ4n) is 0.902. The van der Waals surface area contributed by atoms with E-state index < -0.39 is 0 Å². The maximum absolute atomic E-state index is 8.66. The highest BCUT2D eigenvalue weighted by atomic mass is 16.3. The van der Waals surface area contributed by atoms with E-state index >= 15 is 0 Å². The largest absolute Gasteiger partial charge is 0.395 e. The van der Waals surface area contributed by atoms with Gasteiger partial charge in [0.2, 0.25) is 0 Å². The summed E-state index contributed by atoms with van der Waals surface area (Å²) in [5, 5.41) is 8.66. The van der Waals surface area contributed by atoms with Crippen LogP contribution in [0.25, 0.3) is 0 Å². The van der Waals surface area contributed by atoms with Gasteiger partial charge in [-0.25, -0.2) is 0 Å². The minimum Gasteiger partial charge on any atom is -0.395 e. The third kappa shape index (κ3) is 5.22. The Morgan fingerprint density at radius 1 is 1.18 bits per heavy atom. The molecule has 0 fully saturated rings. The van der Waals surface area contributed by atoms with Crippen LogP contribution in [0.1, 0.15) is 33.6 Å². The quantitative estimate of drug-likeness (QED) is 0.636. The Hall–Kier alpha value is -0.0800. The van der Waals surface area contributed by atoms with E-state index in [4.69, 9.17) is 10.8 Å². The van der Waals surface area contributed by atoms with Crippen LogP contribution in [0, 0.1) is 11.8 Å². The molecule has 0 aromatic rings. The normalized spacial score (nSPS) is 16.9. The molecular formula is C9H21NO. The highest BCUT2D eigenvalue weighted by molar-refractivity contribution is 4.63. The first-order chi connectivity index (χ1) is 5.07. The van der Waals surface area contributed by atoms with E-state index in [1.807, 2.05) is 0 Å². The van der Waals surface area contributed by atoms with Crippen molar-refractivity contribution in [2.24, 2.45) is 17.6 Å². The van der Waals surface area contributed by atoms with Gasteiger partial charge in [0, 0.05) is 6.04 Å². The van der Waals surface area contributed by atoms with E-state index in [0.717, 1.165) is 18.8 Å². The first-order valence-corrected chi connectivity index (χ1v) is 4.44. The number of rotatable bonds is 5. The zero-order chi connectivity index (χ0) is 8.85. The Balaban J connectivity index is 3.37. The van der Waals surface area contributed by atoms with Crippen molar-refractivity contribution in [3.8, 4) is 0 Å². The van der Waals surface area contributed by atoms with Gasteiger partial charge >= 0.3 is 0 Å². The van der Waals surface area contributed by atoms with Gasteiger partial charge in [0.1, 0.15) is 0 Å². The number of hydrogen-bond donors (Lipinski definition) is 2. The fraction of sp³-hybridized carbons (Fsp3) is 1.00. The number of aliphatic hydroxyl groups is 1. The lowest BCUT2D eigenvalue weighted by molar-refractivity contribution is 0.247. The van der Waals surface area contributed by atoms with Crippen molar-refractivity contribution in [3.05, 3.63) is 0 Å². The summed E-state index contributed by atoms with van der Waals surface area (Å²) in [5.74, 6) is 1.44. The van der Waals surface area contributed by atoms with E-state index in [1.165, 1.54) is 0 Å². The van der Waals surface area contributed by atoms with Gasteiger partial charge in [-0.15, -0.1) is 0 Å². The van der Waals surface area contributed by atoms with Gasteiger partial charge in [-0.3, -0.25) is 0 Å². The number of nitrogens with two attached hydrogens (primary N) is 1. The van der Waals surface area contributed by atoms with Crippen LogP contribution < -0.4 is 5.73 Å². The van der Waals surface area contributed by atoms with Crippen LogP contribution in [0.2, 0.25) is 0 Å². The minimum absolute atomic E-state index is 0.0174. The lowest BCUT2D eigenvalue weighted by Gasteiger charge is -2.16. The van der Waals surface area contributed by atoms with Crippen molar-refractivity contribution in [1.82, 2.24) is 0 Å². The molecule has 2 atom stereocenters. The molecule has 3 N–H and O–H groups in total. The monoisotopic (exact) mass is 159 g/mol. The second kappa shape index (κ2) is 5.56. The third-order valence-electron chi connectivity index (χ3n) is 2.37. The highest BCUT2D eigenvalue weighted by Gasteiger charge is 2.08. The van der Waals surface area contributed by atoms with Gasteiger partial charge in [-0.05, 0) is 24.7 Å². The van der Waals surface area contributed by atoms with Crippen LogP contribution in [0.5, 0.6) is 0 Å². The predicted octanol–water partition coefficient (Wildman–Crippen LogP) is 1.38. The second-order valence-electron chi connectivity index (χ2n) is 3.74. The average Bonchev–Trinajstić information content (AvgIpc) is 1.99. The molecule has 2 nitrogen and oxygen atoms in total. The summed E-state index contributed by atoms with van der Waals surface area (Å²) in [6, 6.07) is -0.0174. The Labute approximate surface area is 69.8 Å². The molecule has 0 aliphatic carbocycles. The zero-order valence-corrected chi connectivity index (χ0v) is 7.88. The van der Waals surface area contributed by atoms with Gasteiger partial charge in [0.15, 0.2) is 0 Å². The van der Waals surface area contributed by atoms with Crippen LogP contribution in [-0.4, -0.2) is 17.8 Å². The molecule has 2 heteroatoms. The summed E-state index contributed by atoms with van der Waals surface area (Å²) in [7, 11) is 0. The van der Waals surface area contributed by atoms with Crippen LogP contribution in [0.4, 0.5) is 0 Å².